The Morgan fingerprint density at radius 2 is 1.91 bits per heavy atom. The predicted molar refractivity (Wildman–Crippen MR) is 111 cm³/mol. The van der Waals surface area contributed by atoms with Crippen LogP contribution in [0.5, 0.6) is 0 Å². The highest BCUT2D eigenvalue weighted by molar-refractivity contribution is 5.59. The Hall–Kier alpha value is -4.22. The molecule has 5 heterocycles. The summed E-state index contributed by atoms with van der Waals surface area (Å²) in [5, 5.41) is 12.4. The standard InChI is InChI=1S/C22H15F4N7O/c23-12-4-1-5-13(24)17(12)21-29-30-22(34-21)32-8-6-14-18(28-10-27-14)19(32)15-9-16-11(20(25)26)3-2-7-33(16)31-15/h1-5,7,9-10,19-20H,6,8H2,(H,27,28)/t19-/m0/s1. The van der Waals surface area contributed by atoms with E-state index in [0.717, 1.165) is 17.8 Å². The molecule has 6 rings (SSSR count). The maximum atomic E-state index is 14.2. The third kappa shape index (κ3) is 3.13. The SMILES string of the molecule is Fc1cccc(F)c1-c1nnc(N2CCc3[nH]cnc3[C@@H]2c2cc3c(C(F)F)cccn3n2)o1. The number of H-pyrrole nitrogens is 1. The van der Waals surface area contributed by atoms with E-state index >= 15 is 0 Å². The molecule has 1 aliphatic rings. The first kappa shape index (κ1) is 20.4. The fourth-order valence-electron chi connectivity index (χ4n) is 4.29. The molecule has 0 fully saturated rings. The van der Waals surface area contributed by atoms with E-state index in [9.17, 15) is 17.6 Å². The molecule has 0 radical (unpaired) electrons. The topological polar surface area (TPSA) is 88.1 Å². The summed E-state index contributed by atoms with van der Waals surface area (Å²) < 4.78 is 62.6. The van der Waals surface area contributed by atoms with Gasteiger partial charge in [-0.05, 0) is 30.3 Å². The minimum atomic E-state index is -2.68. The van der Waals surface area contributed by atoms with Gasteiger partial charge in [0.25, 0.3) is 12.3 Å². The van der Waals surface area contributed by atoms with E-state index in [-0.39, 0.29) is 23.0 Å². The molecule has 1 atom stereocenters. The van der Waals surface area contributed by atoms with Gasteiger partial charge in [0, 0.05) is 30.4 Å². The maximum Gasteiger partial charge on any atom is 0.319 e. The van der Waals surface area contributed by atoms with Gasteiger partial charge in [-0.1, -0.05) is 11.2 Å². The molecule has 0 aliphatic carbocycles. The van der Waals surface area contributed by atoms with Crippen LogP contribution in [0.3, 0.4) is 0 Å². The minimum absolute atomic E-state index is 0.00226. The Bertz CT molecular complexity index is 1490. The highest BCUT2D eigenvalue weighted by atomic mass is 19.3. The van der Waals surface area contributed by atoms with Crippen molar-refractivity contribution in [1.82, 2.24) is 29.8 Å². The van der Waals surface area contributed by atoms with Crippen LogP contribution in [0.15, 0.2) is 53.3 Å². The van der Waals surface area contributed by atoms with Crippen LogP contribution in [0.2, 0.25) is 0 Å². The van der Waals surface area contributed by atoms with Crippen LogP contribution in [-0.4, -0.2) is 36.3 Å². The van der Waals surface area contributed by atoms with Gasteiger partial charge in [0.15, 0.2) is 0 Å². The number of pyridine rings is 1. The van der Waals surface area contributed by atoms with Crippen molar-refractivity contribution in [3.63, 3.8) is 0 Å². The van der Waals surface area contributed by atoms with E-state index in [0.29, 0.717) is 24.4 Å². The lowest BCUT2D eigenvalue weighted by atomic mass is 10.00. The first-order valence-corrected chi connectivity index (χ1v) is 10.3. The molecule has 0 unspecified atom stereocenters. The summed E-state index contributed by atoms with van der Waals surface area (Å²) in [5.74, 6) is -1.98. The summed E-state index contributed by atoms with van der Waals surface area (Å²) in [6.07, 6.45) is 0.989. The molecular formula is C22H15F4N7O. The van der Waals surface area contributed by atoms with E-state index in [1.807, 2.05) is 0 Å². The van der Waals surface area contributed by atoms with Gasteiger partial charge in [-0.3, -0.25) is 0 Å². The van der Waals surface area contributed by atoms with E-state index in [2.05, 4.69) is 25.3 Å². The lowest BCUT2D eigenvalue weighted by Gasteiger charge is -2.32. The van der Waals surface area contributed by atoms with Gasteiger partial charge in [-0.2, -0.15) is 5.10 Å². The zero-order chi connectivity index (χ0) is 23.4. The van der Waals surface area contributed by atoms with Gasteiger partial charge < -0.3 is 14.3 Å². The Kier molecular flexibility index (Phi) is 4.61. The number of nitrogens with zero attached hydrogens (tertiary/aromatic N) is 6. The highest BCUT2D eigenvalue weighted by Gasteiger charge is 2.36. The van der Waals surface area contributed by atoms with Crippen molar-refractivity contribution in [2.45, 2.75) is 18.9 Å². The molecule has 8 nitrogen and oxygen atoms in total. The fourth-order valence-corrected chi connectivity index (χ4v) is 4.29. The smallest absolute Gasteiger partial charge is 0.319 e. The third-order valence-corrected chi connectivity index (χ3v) is 5.83. The number of alkyl halides is 2. The fraction of sp³-hybridized carbons (Fsp3) is 0.182. The molecule has 0 spiro atoms. The number of imidazole rings is 1. The second kappa shape index (κ2) is 7.68. The number of anilines is 1. The van der Waals surface area contributed by atoms with Gasteiger partial charge in [0.05, 0.1) is 23.2 Å². The van der Waals surface area contributed by atoms with Crippen LogP contribution in [0.1, 0.15) is 35.1 Å². The van der Waals surface area contributed by atoms with Gasteiger partial charge in [0.1, 0.15) is 23.2 Å². The first-order chi connectivity index (χ1) is 16.5. The highest BCUT2D eigenvalue weighted by Crippen LogP contribution is 2.38. The van der Waals surface area contributed by atoms with Crippen molar-refractivity contribution in [3.8, 4) is 11.5 Å². The molecule has 12 heteroatoms. The normalized spacial score (nSPS) is 15.9. The van der Waals surface area contributed by atoms with Crippen LogP contribution in [0.4, 0.5) is 23.6 Å². The molecule has 0 saturated carbocycles. The minimum Gasteiger partial charge on any atom is -0.403 e. The number of aromatic nitrogens is 6. The second-order valence-corrected chi connectivity index (χ2v) is 7.76. The number of nitrogens with one attached hydrogen (secondary N) is 1. The van der Waals surface area contributed by atoms with Crippen LogP contribution in [-0.2, 0) is 6.42 Å². The summed E-state index contributed by atoms with van der Waals surface area (Å²) in [7, 11) is 0. The van der Waals surface area contributed by atoms with Gasteiger partial charge in [-0.15, -0.1) is 5.10 Å². The van der Waals surface area contributed by atoms with E-state index in [4.69, 9.17) is 4.42 Å². The summed E-state index contributed by atoms with van der Waals surface area (Å²) in [4.78, 5) is 9.18. The van der Waals surface area contributed by atoms with Crippen molar-refractivity contribution in [3.05, 3.63) is 83.2 Å². The molecule has 5 aromatic rings. The molecule has 0 saturated heterocycles. The van der Waals surface area contributed by atoms with Crippen molar-refractivity contribution < 1.29 is 22.0 Å². The summed E-state index contributed by atoms with van der Waals surface area (Å²) >= 11 is 0. The van der Waals surface area contributed by atoms with Crippen LogP contribution < -0.4 is 4.90 Å². The van der Waals surface area contributed by atoms with Crippen molar-refractivity contribution in [2.75, 3.05) is 11.4 Å². The average molecular weight is 469 g/mol. The zero-order valence-corrected chi connectivity index (χ0v) is 17.3. The van der Waals surface area contributed by atoms with Crippen LogP contribution in [0.25, 0.3) is 17.0 Å². The molecule has 172 valence electrons. The molecule has 4 aromatic heterocycles. The molecule has 0 bridgehead atoms. The van der Waals surface area contributed by atoms with E-state index in [1.54, 1.807) is 17.2 Å². The number of hydrogen-bond acceptors (Lipinski definition) is 6. The van der Waals surface area contributed by atoms with Crippen LogP contribution >= 0.6 is 0 Å². The van der Waals surface area contributed by atoms with E-state index in [1.165, 1.54) is 29.0 Å². The van der Waals surface area contributed by atoms with Crippen LogP contribution in [0, 0.1) is 11.6 Å². The largest absolute Gasteiger partial charge is 0.403 e. The lowest BCUT2D eigenvalue weighted by Crippen LogP contribution is -2.36. The quantitative estimate of drug-likeness (QED) is 0.391. The summed E-state index contributed by atoms with van der Waals surface area (Å²) in [6.45, 7) is 0.386. The predicted octanol–water partition coefficient (Wildman–Crippen LogP) is 4.48. The lowest BCUT2D eigenvalue weighted by molar-refractivity contribution is 0.152. The monoisotopic (exact) mass is 469 g/mol. The Labute approximate surface area is 188 Å². The van der Waals surface area contributed by atoms with Crippen molar-refractivity contribution in [2.24, 2.45) is 0 Å². The number of fused-ring (bicyclic) bond motifs is 2. The molecule has 1 N–H and O–H groups in total. The zero-order valence-electron chi connectivity index (χ0n) is 17.3. The second-order valence-electron chi connectivity index (χ2n) is 7.76. The van der Waals surface area contributed by atoms with Crippen molar-refractivity contribution >= 4 is 11.5 Å². The third-order valence-electron chi connectivity index (χ3n) is 5.83. The Balaban J connectivity index is 1.47. The van der Waals surface area contributed by atoms with E-state index < -0.39 is 29.7 Å². The molecule has 1 aliphatic heterocycles. The summed E-state index contributed by atoms with van der Waals surface area (Å²) in [5.41, 5.74) is 1.58. The Morgan fingerprint density at radius 1 is 1.09 bits per heavy atom. The maximum absolute atomic E-state index is 14.2. The number of aromatic amines is 1. The Morgan fingerprint density at radius 3 is 2.71 bits per heavy atom. The number of halogens is 4. The summed E-state index contributed by atoms with van der Waals surface area (Å²) in [6, 6.07) is 7.19. The molecule has 1 aromatic carbocycles. The molecular weight excluding hydrogens is 454 g/mol. The number of rotatable bonds is 4. The van der Waals surface area contributed by atoms with Gasteiger partial charge in [0.2, 0.25) is 0 Å². The van der Waals surface area contributed by atoms with Gasteiger partial charge in [-0.25, -0.2) is 27.1 Å². The van der Waals surface area contributed by atoms with Gasteiger partial charge >= 0.3 is 6.01 Å². The average Bonchev–Trinajstić information content (AvgIpc) is 3.56. The molecule has 34 heavy (non-hydrogen) atoms. The number of benzene rings is 1. The van der Waals surface area contributed by atoms with Crippen molar-refractivity contribution in [1.29, 1.82) is 0 Å². The number of hydrogen-bond donors (Lipinski definition) is 1. The molecule has 0 amide bonds. The first-order valence-electron chi connectivity index (χ1n) is 10.3.